The van der Waals surface area contributed by atoms with Crippen LogP contribution in [0.15, 0.2) is 70.7 Å². The van der Waals surface area contributed by atoms with E-state index < -0.39 is 35.1 Å². The number of carbonyl (C=O) groups excluding carboxylic acids is 4. The second-order valence-corrected chi connectivity index (χ2v) is 9.74. The molecule has 2 aromatic carbocycles. The van der Waals surface area contributed by atoms with Crippen LogP contribution in [0, 0.1) is 17.3 Å². The Kier molecular flexibility index (Phi) is 7.36. The highest BCUT2D eigenvalue weighted by molar-refractivity contribution is 9.10. The van der Waals surface area contributed by atoms with Gasteiger partial charge in [0.25, 0.3) is 0 Å². The maximum atomic E-state index is 13.8. The lowest BCUT2D eigenvalue weighted by atomic mass is 9.54. The van der Waals surface area contributed by atoms with Gasteiger partial charge in [-0.05, 0) is 54.5 Å². The number of benzene rings is 2. The van der Waals surface area contributed by atoms with Gasteiger partial charge in [-0.15, -0.1) is 0 Å². The molecule has 0 aromatic heterocycles. The summed E-state index contributed by atoms with van der Waals surface area (Å²) in [6.07, 6.45) is 2.61. The van der Waals surface area contributed by atoms with Crippen molar-refractivity contribution in [2.45, 2.75) is 32.1 Å². The molecular weight excluding hydrogens is 512 g/mol. The van der Waals surface area contributed by atoms with Gasteiger partial charge in [0.2, 0.25) is 0 Å². The first kappa shape index (κ1) is 25.0. The smallest absolute Gasteiger partial charge is 0.325 e. The molecule has 1 fully saturated rings. The van der Waals surface area contributed by atoms with E-state index in [0.717, 1.165) is 10.0 Å². The number of carbonyl (C=O) groups is 4. The molecule has 35 heavy (non-hydrogen) atoms. The fourth-order valence-corrected chi connectivity index (χ4v) is 6.05. The molecular formula is C28H27BrO6. The van der Waals surface area contributed by atoms with E-state index in [-0.39, 0.29) is 36.9 Å². The molecule has 7 heteroatoms. The molecule has 0 unspecified atom stereocenters. The Bertz CT molecular complexity index is 1140. The number of aldehydes is 1. The van der Waals surface area contributed by atoms with Gasteiger partial charge in [-0.1, -0.05) is 64.5 Å². The number of fused-ring (bicyclic) bond motifs is 1. The molecule has 4 rings (SSSR count). The van der Waals surface area contributed by atoms with Crippen molar-refractivity contribution < 1.29 is 28.7 Å². The van der Waals surface area contributed by atoms with Crippen LogP contribution in [-0.2, 0) is 28.7 Å². The van der Waals surface area contributed by atoms with Crippen molar-refractivity contribution in [1.82, 2.24) is 0 Å². The van der Waals surface area contributed by atoms with Gasteiger partial charge in [-0.25, -0.2) is 0 Å². The Hall–Kier alpha value is -3.06. The number of Topliss-reactive ketones (excluding diaryl/α,β-unsaturated/α-hetero) is 1. The van der Waals surface area contributed by atoms with Crippen LogP contribution in [-0.4, -0.2) is 37.2 Å². The van der Waals surface area contributed by atoms with Crippen molar-refractivity contribution in [3.8, 4) is 0 Å². The molecule has 0 N–H and O–H groups in total. The summed E-state index contributed by atoms with van der Waals surface area (Å²) in [5.74, 6) is -4.75. The summed E-state index contributed by atoms with van der Waals surface area (Å²) < 4.78 is 11.8. The first-order chi connectivity index (χ1) is 16.9. The highest BCUT2D eigenvalue weighted by atomic mass is 79.9. The van der Waals surface area contributed by atoms with Gasteiger partial charge < -0.3 is 9.47 Å². The summed E-state index contributed by atoms with van der Waals surface area (Å²) in [6, 6.07) is 16.5. The monoisotopic (exact) mass is 538 g/mol. The molecule has 0 aliphatic heterocycles. The molecule has 0 heterocycles. The fourth-order valence-electron chi connectivity index (χ4n) is 5.79. The molecule has 1 saturated carbocycles. The normalized spacial score (nSPS) is 24.8. The predicted molar refractivity (Wildman–Crippen MR) is 133 cm³/mol. The van der Waals surface area contributed by atoms with E-state index >= 15 is 0 Å². The third-order valence-corrected chi connectivity index (χ3v) is 7.60. The average molecular weight is 539 g/mol. The third-order valence-electron chi connectivity index (χ3n) is 7.08. The van der Waals surface area contributed by atoms with Gasteiger partial charge in [0.05, 0.1) is 19.1 Å². The van der Waals surface area contributed by atoms with Crippen molar-refractivity contribution in [3.63, 3.8) is 0 Å². The van der Waals surface area contributed by atoms with Crippen LogP contribution in [0.25, 0.3) is 0 Å². The van der Waals surface area contributed by atoms with Gasteiger partial charge in [0, 0.05) is 16.8 Å². The van der Waals surface area contributed by atoms with Crippen LogP contribution in [0.4, 0.5) is 0 Å². The average Bonchev–Trinajstić information content (AvgIpc) is 3.20. The van der Waals surface area contributed by atoms with Gasteiger partial charge in [0.15, 0.2) is 5.41 Å². The number of ether oxygens (including phenoxy) is 2. The Morgan fingerprint density at radius 1 is 0.971 bits per heavy atom. The Morgan fingerprint density at radius 3 is 2.11 bits per heavy atom. The van der Waals surface area contributed by atoms with Crippen LogP contribution < -0.4 is 0 Å². The number of allylic oxidation sites excluding steroid dienone is 2. The summed E-state index contributed by atoms with van der Waals surface area (Å²) in [7, 11) is 0. The van der Waals surface area contributed by atoms with E-state index in [0.29, 0.717) is 11.8 Å². The van der Waals surface area contributed by atoms with Crippen molar-refractivity contribution >= 4 is 39.9 Å². The summed E-state index contributed by atoms with van der Waals surface area (Å²) in [5, 5.41) is 0. The second-order valence-electron chi connectivity index (χ2n) is 8.82. The minimum Gasteiger partial charge on any atom is -0.465 e. The lowest BCUT2D eigenvalue weighted by molar-refractivity contribution is -0.181. The van der Waals surface area contributed by atoms with E-state index in [1.807, 2.05) is 24.3 Å². The number of halogens is 1. The van der Waals surface area contributed by atoms with Crippen LogP contribution in [0.2, 0.25) is 0 Å². The molecule has 6 nitrogen and oxygen atoms in total. The minimum absolute atomic E-state index is 0.0172. The summed E-state index contributed by atoms with van der Waals surface area (Å²) >= 11 is 3.43. The van der Waals surface area contributed by atoms with E-state index in [1.165, 1.54) is 0 Å². The van der Waals surface area contributed by atoms with Crippen LogP contribution in [0.1, 0.15) is 43.2 Å². The molecule has 0 spiro atoms. The predicted octanol–water partition coefficient (Wildman–Crippen LogP) is 4.77. The Labute approximate surface area is 212 Å². The van der Waals surface area contributed by atoms with Gasteiger partial charge in [0.1, 0.15) is 12.1 Å². The maximum absolute atomic E-state index is 13.8. The highest BCUT2D eigenvalue weighted by Gasteiger charge is 2.69. The Morgan fingerprint density at radius 2 is 1.57 bits per heavy atom. The first-order valence-corrected chi connectivity index (χ1v) is 12.5. The van der Waals surface area contributed by atoms with Crippen LogP contribution in [0.5, 0.6) is 0 Å². The number of hydrogen-bond donors (Lipinski definition) is 0. The standard InChI is InChI=1S/C28H27BrO6/c1-3-34-26(32)28(27(33)35-4-2)24(18-8-6-5-7-9-18)19(16-30)14-22-21(15-23(31)25(22)28)17-10-12-20(29)13-11-17/h5-14,16,21-22,24-25H,3-4,15H2,1-2H3/t21-,22-,24-,25+/m1/s1. The molecule has 0 amide bonds. The highest BCUT2D eigenvalue weighted by Crippen LogP contribution is 2.61. The van der Waals surface area contributed by atoms with E-state index in [9.17, 15) is 19.2 Å². The summed E-state index contributed by atoms with van der Waals surface area (Å²) in [4.78, 5) is 53.9. The van der Waals surface area contributed by atoms with E-state index in [4.69, 9.17) is 9.47 Å². The summed E-state index contributed by atoms with van der Waals surface area (Å²) in [6.45, 7) is 3.32. The molecule has 0 bridgehead atoms. The number of hydrogen-bond acceptors (Lipinski definition) is 6. The quantitative estimate of drug-likeness (QED) is 0.286. The number of ketones is 1. The zero-order chi connectivity index (χ0) is 25.2. The van der Waals surface area contributed by atoms with Crippen molar-refractivity contribution in [3.05, 3.63) is 81.8 Å². The van der Waals surface area contributed by atoms with E-state index in [1.54, 1.807) is 50.3 Å². The van der Waals surface area contributed by atoms with Gasteiger partial charge in [-0.3, -0.25) is 19.2 Å². The van der Waals surface area contributed by atoms with Crippen LogP contribution in [0.3, 0.4) is 0 Å². The van der Waals surface area contributed by atoms with Crippen molar-refractivity contribution in [2.75, 3.05) is 13.2 Å². The molecule has 2 aliphatic rings. The third kappa shape index (κ3) is 4.16. The van der Waals surface area contributed by atoms with E-state index in [2.05, 4.69) is 15.9 Å². The lowest BCUT2D eigenvalue weighted by Gasteiger charge is -2.45. The minimum atomic E-state index is -2.01. The molecule has 2 aliphatic carbocycles. The van der Waals surface area contributed by atoms with Crippen molar-refractivity contribution in [1.29, 1.82) is 0 Å². The molecule has 4 atom stereocenters. The Balaban J connectivity index is 2.01. The van der Waals surface area contributed by atoms with Crippen molar-refractivity contribution in [2.24, 2.45) is 17.3 Å². The zero-order valence-corrected chi connectivity index (χ0v) is 21.2. The molecule has 182 valence electrons. The zero-order valence-electron chi connectivity index (χ0n) is 19.6. The van der Waals surface area contributed by atoms with Crippen LogP contribution >= 0.6 is 15.9 Å². The number of rotatable bonds is 7. The number of esters is 2. The first-order valence-electron chi connectivity index (χ1n) is 11.7. The SMILES string of the molecule is CCOC(=O)C1(C(=O)OCC)[C@@H]2C(=O)C[C@H](c3ccc(Br)cc3)[C@H]2C=C(C=O)[C@H]1c1ccccc1. The second kappa shape index (κ2) is 10.3. The molecule has 0 radical (unpaired) electrons. The van der Waals surface area contributed by atoms with Gasteiger partial charge >= 0.3 is 11.9 Å². The largest absolute Gasteiger partial charge is 0.465 e. The topological polar surface area (TPSA) is 86.7 Å². The molecule has 2 aromatic rings. The van der Waals surface area contributed by atoms with Gasteiger partial charge in [-0.2, -0.15) is 0 Å². The summed E-state index contributed by atoms with van der Waals surface area (Å²) in [5.41, 5.74) is -0.263. The lowest BCUT2D eigenvalue weighted by Crippen LogP contribution is -2.57. The molecule has 0 saturated heterocycles. The maximum Gasteiger partial charge on any atom is 0.325 e. The fraction of sp³-hybridized carbons (Fsp3) is 0.357.